The smallest absolute Gasteiger partial charge is 0.308 e. The van der Waals surface area contributed by atoms with Crippen LogP contribution in [0.1, 0.15) is 41.0 Å². The zero-order chi connectivity index (χ0) is 13.5. The molecule has 0 aliphatic rings. The van der Waals surface area contributed by atoms with Crippen molar-refractivity contribution in [2.24, 2.45) is 11.3 Å². The molecule has 0 saturated heterocycles. The summed E-state index contributed by atoms with van der Waals surface area (Å²) >= 11 is 0. The minimum atomic E-state index is -0.669. The number of aliphatic hydroxyl groups excluding tert-OH is 1. The molecule has 0 aliphatic carbocycles. The maximum Gasteiger partial charge on any atom is 0.308 e. The first kappa shape index (κ1) is 16.4. The van der Waals surface area contributed by atoms with Crippen LogP contribution in [-0.4, -0.2) is 36.9 Å². The summed E-state index contributed by atoms with van der Waals surface area (Å²) in [5.74, 6) is 0.224. The molecule has 0 radical (unpaired) electrons. The second-order valence-corrected chi connectivity index (χ2v) is 5.44. The molecule has 0 saturated carbocycles. The lowest BCUT2D eigenvalue weighted by atomic mass is 9.81. The fraction of sp³-hybridized carbons (Fsp3) is 0.923. The Morgan fingerprint density at radius 2 is 2.00 bits per heavy atom. The van der Waals surface area contributed by atoms with E-state index >= 15 is 0 Å². The molecule has 4 nitrogen and oxygen atoms in total. The SMILES string of the molecule is CCOC(=O)CC(O)CNCC(C)(C)C(C)C. The normalized spacial score (nSPS) is 13.8. The highest BCUT2D eigenvalue weighted by atomic mass is 16.5. The monoisotopic (exact) mass is 245 g/mol. The van der Waals surface area contributed by atoms with Gasteiger partial charge in [-0.25, -0.2) is 0 Å². The van der Waals surface area contributed by atoms with E-state index in [1.54, 1.807) is 6.92 Å². The van der Waals surface area contributed by atoms with Gasteiger partial charge in [-0.1, -0.05) is 27.7 Å². The first-order valence-corrected chi connectivity index (χ1v) is 6.34. The van der Waals surface area contributed by atoms with Crippen molar-refractivity contribution in [1.82, 2.24) is 5.32 Å². The van der Waals surface area contributed by atoms with Crippen molar-refractivity contribution >= 4 is 5.97 Å². The maximum atomic E-state index is 11.1. The second-order valence-electron chi connectivity index (χ2n) is 5.44. The summed E-state index contributed by atoms with van der Waals surface area (Å²) in [6.07, 6.45) is -0.611. The van der Waals surface area contributed by atoms with E-state index in [4.69, 9.17) is 4.74 Å². The highest BCUT2D eigenvalue weighted by molar-refractivity contribution is 5.69. The molecule has 1 unspecified atom stereocenters. The predicted octanol–water partition coefficient (Wildman–Crippen LogP) is 1.57. The average Bonchev–Trinajstić information content (AvgIpc) is 2.16. The molecular formula is C13H27NO3. The van der Waals surface area contributed by atoms with E-state index in [2.05, 4.69) is 33.0 Å². The minimum Gasteiger partial charge on any atom is -0.466 e. The second kappa shape index (κ2) is 7.67. The zero-order valence-corrected chi connectivity index (χ0v) is 11.7. The van der Waals surface area contributed by atoms with Gasteiger partial charge in [-0.3, -0.25) is 4.79 Å². The largest absolute Gasteiger partial charge is 0.466 e. The molecule has 4 heteroatoms. The fourth-order valence-corrected chi connectivity index (χ4v) is 1.25. The van der Waals surface area contributed by atoms with Crippen LogP contribution in [0.4, 0.5) is 0 Å². The van der Waals surface area contributed by atoms with Crippen LogP contribution in [-0.2, 0) is 9.53 Å². The molecule has 0 amide bonds. The molecule has 0 spiro atoms. The number of carbonyl (C=O) groups excluding carboxylic acids is 1. The van der Waals surface area contributed by atoms with Gasteiger partial charge < -0.3 is 15.2 Å². The zero-order valence-electron chi connectivity index (χ0n) is 11.7. The molecule has 1 atom stereocenters. The van der Waals surface area contributed by atoms with Crippen LogP contribution in [0.3, 0.4) is 0 Å². The Morgan fingerprint density at radius 3 is 2.47 bits per heavy atom. The Labute approximate surface area is 105 Å². The number of nitrogens with one attached hydrogen (secondary N) is 1. The quantitative estimate of drug-likeness (QED) is 0.637. The van der Waals surface area contributed by atoms with E-state index < -0.39 is 6.10 Å². The summed E-state index contributed by atoms with van der Waals surface area (Å²) in [4.78, 5) is 11.1. The minimum absolute atomic E-state index is 0.0585. The third-order valence-electron chi connectivity index (χ3n) is 3.23. The van der Waals surface area contributed by atoms with Crippen LogP contribution in [0.5, 0.6) is 0 Å². The maximum absolute atomic E-state index is 11.1. The van der Waals surface area contributed by atoms with Crippen molar-refractivity contribution in [3.63, 3.8) is 0 Å². The molecule has 0 fully saturated rings. The molecule has 0 heterocycles. The molecular weight excluding hydrogens is 218 g/mol. The van der Waals surface area contributed by atoms with Crippen LogP contribution in [0.2, 0.25) is 0 Å². The van der Waals surface area contributed by atoms with E-state index in [-0.39, 0.29) is 17.8 Å². The number of hydrogen-bond donors (Lipinski definition) is 2. The number of aliphatic hydroxyl groups is 1. The Hall–Kier alpha value is -0.610. The number of rotatable bonds is 8. The standard InChI is InChI=1S/C13H27NO3/c1-6-17-12(16)7-11(15)8-14-9-13(4,5)10(2)3/h10-11,14-15H,6-9H2,1-5H3. The Morgan fingerprint density at radius 1 is 1.41 bits per heavy atom. The van der Waals surface area contributed by atoms with Crippen molar-refractivity contribution in [2.75, 3.05) is 19.7 Å². The molecule has 102 valence electrons. The van der Waals surface area contributed by atoms with Gasteiger partial charge in [-0.15, -0.1) is 0 Å². The summed E-state index contributed by atoms with van der Waals surface area (Å²) in [5, 5.41) is 12.8. The van der Waals surface area contributed by atoms with Gasteiger partial charge in [-0.2, -0.15) is 0 Å². The van der Waals surface area contributed by atoms with Gasteiger partial charge in [-0.05, 0) is 18.3 Å². The van der Waals surface area contributed by atoms with Crippen LogP contribution >= 0.6 is 0 Å². The number of carbonyl (C=O) groups is 1. The van der Waals surface area contributed by atoms with Crippen molar-refractivity contribution in [2.45, 2.75) is 47.1 Å². The Kier molecular flexibility index (Phi) is 7.39. The van der Waals surface area contributed by atoms with Gasteiger partial charge in [0.05, 0.1) is 19.1 Å². The molecule has 0 bridgehead atoms. The van der Waals surface area contributed by atoms with Crippen LogP contribution in [0.15, 0.2) is 0 Å². The van der Waals surface area contributed by atoms with Gasteiger partial charge in [0.25, 0.3) is 0 Å². The van der Waals surface area contributed by atoms with Crippen LogP contribution < -0.4 is 5.32 Å². The van der Waals surface area contributed by atoms with Gasteiger partial charge in [0.2, 0.25) is 0 Å². The lowest BCUT2D eigenvalue weighted by molar-refractivity contribution is -0.145. The fourth-order valence-electron chi connectivity index (χ4n) is 1.25. The molecule has 0 aromatic carbocycles. The lowest BCUT2D eigenvalue weighted by Gasteiger charge is -2.30. The molecule has 0 rings (SSSR count). The third kappa shape index (κ3) is 7.34. The van der Waals surface area contributed by atoms with Gasteiger partial charge in [0.1, 0.15) is 0 Å². The van der Waals surface area contributed by atoms with Gasteiger partial charge in [0, 0.05) is 13.1 Å². The molecule has 0 aromatic heterocycles. The van der Waals surface area contributed by atoms with Crippen LogP contribution in [0, 0.1) is 11.3 Å². The molecule has 2 N–H and O–H groups in total. The third-order valence-corrected chi connectivity index (χ3v) is 3.23. The summed E-state index contributed by atoms with van der Waals surface area (Å²) in [6, 6.07) is 0. The molecule has 17 heavy (non-hydrogen) atoms. The first-order chi connectivity index (χ1) is 7.79. The van der Waals surface area contributed by atoms with Gasteiger partial charge >= 0.3 is 5.97 Å². The summed E-state index contributed by atoms with van der Waals surface area (Å²) < 4.78 is 4.77. The number of esters is 1. The van der Waals surface area contributed by atoms with E-state index in [1.807, 2.05) is 0 Å². The Balaban J connectivity index is 3.78. The van der Waals surface area contributed by atoms with Crippen molar-refractivity contribution < 1.29 is 14.6 Å². The highest BCUT2D eigenvalue weighted by Crippen LogP contribution is 2.24. The van der Waals surface area contributed by atoms with Crippen molar-refractivity contribution in [3.05, 3.63) is 0 Å². The van der Waals surface area contributed by atoms with Gasteiger partial charge in [0.15, 0.2) is 0 Å². The number of ether oxygens (including phenoxy) is 1. The molecule has 0 aliphatic heterocycles. The molecule has 0 aromatic rings. The van der Waals surface area contributed by atoms with Crippen molar-refractivity contribution in [1.29, 1.82) is 0 Å². The van der Waals surface area contributed by atoms with E-state index in [9.17, 15) is 9.90 Å². The number of hydrogen-bond acceptors (Lipinski definition) is 4. The topological polar surface area (TPSA) is 58.6 Å². The average molecular weight is 245 g/mol. The Bertz CT molecular complexity index is 227. The van der Waals surface area contributed by atoms with E-state index in [0.29, 0.717) is 19.1 Å². The summed E-state index contributed by atoms with van der Waals surface area (Å²) in [5.41, 5.74) is 0.184. The van der Waals surface area contributed by atoms with Crippen LogP contribution in [0.25, 0.3) is 0 Å². The summed E-state index contributed by atoms with van der Waals surface area (Å²) in [7, 11) is 0. The summed E-state index contributed by atoms with van der Waals surface area (Å²) in [6.45, 7) is 12.1. The highest BCUT2D eigenvalue weighted by Gasteiger charge is 2.22. The lowest BCUT2D eigenvalue weighted by Crippen LogP contribution is -2.38. The van der Waals surface area contributed by atoms with Crippen molar-refractivity contribution in [3.8, 4) is 0 Å². The predicted molar refractivity (Wildman–Crippen MR) is 68.7 cm³/mol. The van der Waals surface area contributed by atoms with E-state index in [0.717, 1.165) is 6.54 Å². The van der Waals surface area contributed by atoms with E-state index in [1.165, 1.54) is 0 Å². The first-order valence-electron chi connectivity index (χ1n) is 6.34.